The van der Waals surface area contributed by atoms with Crippen LogP contribution in [0.4, 0.5) is 4.79 Å². The average molecular weight is 600 g/mol. The van der Waals surface area contributed by atoms with Gasteiger partial charge in [0.2, 0.25) is 15.9 Å². The highest BCUT2D eigenvalue weighted by atomic mass is 32.2. The Kier molecular flexibility index (Phi) is 10.8. The average Bonchev–Trinajstić information content (AvgIpc) is 2.95. The Labute approximate surface area is 250 Å². The summed E-state index contributed by atoms with van der Waals surface area (Å²) in [5, 5.41) is 7.81. The fourth-order valence-electron chi connectivity index (χ4n) is 5.19. The lowest BCUT2D eigenvalue weighted by Gasteiger charge is -2.36. The van der Waals surface area contributed by atoms with Gasteiger partial charge in [-0.25, -0.2) is 13.2 Å². The summed E-state index contributed by atoms with van der Waals surface area (Å²) in [7, 11) is -2.85. The number of nitrogen functional groups attached to an aromatic ring is 1. The van der Waals surface area contributed by atoms with Gasteiger partial charge < -0.3 is 20.3 Å². The maximum atomic E-state index is 14.3. The Bertz CT molecular complexity index is 1380. The molecule has 1 fully saturated rings. The monoisotopic (exact) mass is 599 g/mol. The van der Waals surface area contributed by atoms with Crippen molar-refractivity contribution in [2.75, 3.05) is 33.3 Å². The van der Waals surface area contributed by atoms with Crippen molar-refractivity contribution in [1.29, 1.82) is 5.41 Å². The third kappa shape index (κ3) is 7.69. The highest BCUT2D eigenvalue weighted by molar-refractivity contribution is 7.89. The van der Waals surface area contributed by atoms with E-state index in [1.165, 1.54) is 12.0 Å². The minimum atomic E-state index is -4.16. The van der Waals surface area contributed by atoms with Gasteiger partial charge in [-0.2, -0.15) is 4.72 Å². The molecule has 0 aliphatic carbocycles. The predicted molar refractivity (Wildman–Crippen MR) is 165 cm³/mol. The van der Waals surface area contributed by atoms with Gasteiger partial charge in [-0.3, -0.25) is 10.2 Å². The van der Waals surface area contributed by atoms with Crippen molar-refractivity contribution in [3.8, 4) is 0 Å². The number of carbonyl (C=O) groups is 2. The lowest BCUT2D eigenvalue weighted by atomic mass is 9.89. The zero-order valence-corrected chi connectivity index (χ0v) is 26.5. The molecule has 42 heavy (non-hydrogen) atoms. The zero-order chi connectivity index (χ0) is 31.4. The van der Waals surface area contributed by atoms with E-state index >= 15 is 0 Å². The first kappa shape index (κ1) is 33.1. The summed E-state index contributed by atoms with van der Waals surface area (Å²) in [4.78, 5) is 29.2. The Morgan fingerprint density at radius 3 is 1.95 bits per heavy atom. The number of piperazine rings is 1. The SMILES string of the molecule is COC(=O)N1CCN(C(=O)[C@H](Cc2cccc(C(=N)N)c2)NS(=O)(=O)c2c(C(C)C)cc(C(C)C)cc2C(C)C)CC1. The molecule has 1 aliphatic heterocycles. The number of nitrogens with one attached hydrogen (secondary N) is 2. The minimum Gasteiger partial charge on any atom is -0.453 e. The van der Waals surface area contributed by atoms with Crippen LogP contribution in [0.15, 0.2) is 41.3 Å². The summed E-state index contributed by atoms with van der Waals surface area (Å²) in [6.45, 7) is 13.1. The van der Waals surface area contributed by atoms with Crippen molar-refractivity contribution < 1.29 is 22.7 Å². The lowest BCUT2D eigenvalue weighted by Crippen LogP contribution is -2.56. The maximum Gasteiger partial charge on any atom is 0.409 e. The minimum absolute atomic E-state index is 0.0640. The number of hydrogen-bond acceptors (Lipinski definition) is 6. The first-order valence-electron chi connectivity index (χ1n) is 14.4. The van der Waals surface area contributed by atoms with Crippen molar-refractivity contribution >= 4 is 27.9 Å². The van der Waals surface area contributed by atoms with Crippen LogP contribution >= 0.6 is 0 Å². The Balaban J connectivity index is 2.06. The van der Waals surface area contributed by atoms with Crippen LogP contribution in [0.2, 0.25) is 0 Å². The summed E-state index contributed by atoms with van der Waals surface area (Å²) in [5.74, 6) is -0.419. The quantitative estimate of drug-likeness (QED) is 0.276. The molecule has 2 aromatic carbocycles. The van der Waals surface area contributed by atoms with Crippen LogP contribution in [0.1, 0.15) is 87.1 Å². The van der Waals surface area contributed by atoms with E-state index in [1.807, 2.05) is 39.8 Å². The molecule has 0 unspecified atom stereocenters. The molecule has 2 amide bonds. The normalized spacial score (nSPS) is 14.9. The first-order chi connectivity index (χ1) is 19.7. The molecule has 230 valence electrons. The van der Waals surface area contributed by atoms with E-state index in [9.17, 15) is 18.0 Å². The number of methoxy groups -OCH3 is 1. The van der Waals surface area contributed by atoms with Gasteiger partial charge in [0, 0.05) is 31.7 Å². The molecule has 0 radical (unpaired) electrons. The van der Waals surface area contributed by atoms with Crippen LogP contribution in [-0.4, -0.2) is 75.4 Å². The topological polar surface area (TPSA) is 146 Å². The molecule has 1 atom stereocenters. The van der Waals surface area contributed by atoms with Gasteiger partial charge in [-0.1, -0.05) is 71.9 Å². The van der Waals surface area contributed by atoms with Gasteiger partial charge in [0.15, 0.2) is 0 Å². The molecule has 0 spiro atoms. The fraction of sp³-hybridized carbons (Fsp3) is 0.516. The van der Waals surface area contributed by atoms with Gasteiger partial charge >= 0.3 is 6.09 Å². The first-order valence-corrected chi connectivity index (χ1v) is 15.9. The number of sulfonamides is 1. The zero-order valence-electron chi connectivity index (χ0n) is 25.7. The number of rotatable bonds is 10. The highest BCUT2D eigenvalue weighted by Gasteiger charge is 2.35. The molecule has 3 rings (SSSR count). The number of ether oxygens (including phenoxy) is 1. The Morgan fingerprint density at radius 1 is 0.929 bits per heavy atom. The smallest absolute Gasteiger partial charge is 0.409 e. The lowest BCUT2D eigenvalue weighted by molar-refractivity contribution is -0.134. The maximum absolute atomic E-state index is 14.3. The molecule has 1 aliphatic rings. The van der Waals surface area contributed by atoms with E-state index in [1.54, 1.807) is 29.2 Å². The van der Waals surface area contributed by atoms with Crippen molar-refractivity contribution in [2.24, 2.45) is 5.73 Å². The molecular weight excluding hydrogens is 554 g/mol. The number of benzene rings is 2. The summed E-state index contributed by atoms with van der Waals surface area (Å²) < 4.78 is 36.2. The van der Waals surface area contributed by atoms with Crippen LogP contribution in [0, 0.1) is 5.41 Å². The number of amidine groups is 1. The van der Waals surface area contributed by atoms with E-state index in [4.69, 9.17) is 15.9 Å². The highest BCUT2D eigenvalue weighted by Crippen LogP contribution is 2.35. The molecule has 4 N–H and O–H groups in total. The largest absolute Gasteiger partial charge is 0.453 e. The predicted octanol–water partition coefficient (Wildman–Crippen LogP) is 4.14. The molecule has 0 bridgehead atoms. The summed E-state index contributed by atoms with van der Waals surface area (Å²) >= 11 is 0. The van der Waals surface area contributed by atoms with E-state index in [-0.39, 0.29) is 67.0 Å². The van der Waals surface area contributed by atoms with E-state index in [0.717, 1.165) is 5.56 Å². The number of hydrogen-bond donors (Lipinski definition) is 3. The number of nitrogens with zero attached hydrogens (tertiary/aromatic N) is 2. The second kappa shape index (κ2) is 13.7. The Morgan fingerprint density at radius 2 is 1.48 bits per heavy atom. The van der Waals surface area contributed by atoms with Crippen LogP contribution in [0.5, 0.6) is 0 Å². The third-order valence-corrected chi connectivity index (χ3v) is 9.25. The molecule has 10 nitrogen and oxygen atoms in total. The summed E-state index contributed by atoms with van der Waals surface area (Å²) in [5.41, 5.74) is 9.35. The molecule has 0 saturated carbocycles. The van der Waals surface area contributed by atoms with Gasteiger partial charge in [0.05, 0.1) is 12.0 Å². The fourth-order valence-corrected chi connectivity index (χ4v) is 7.07. The molecule has 0 aromatic heterocycles. The molecule has 1 heterocycles. The summed E-state index contributed by atoms with van der Waals surface area (Å²) in [6, 6.07) is 9.72. The number of amides is 2. The van der Waals surface area contributed by atoms with Crippen molar-refractivity contribution in [1.82, 2.24) is 14.5 Å². The van der Waals surface area contributed by atoms with E-state index in [2.05, 4.69) is 18.6 Å². The standard InChI is InChI=1S/C31H45N5O5S/c1-19(2)24-17-25(20(3)4)28(26(18-24)21(5)6)42(39,40)34-27(16-22-9-8-10-23(15-22)29(32)33)30(37)35-11-13-36(14-12-35)31(38)41-7/h8-10,15,17-21,27,34H,11-14,16H2,1-7H3,(H3,32,33)/t27-/m0/s1. The Hall–Kier alpha value is -3.44. The molecule has 1 saturated heterocycles. The van der Waals surface area contributed by atoms with Crippen LogP contribution in [-0.2, 0) is 26.0 Å². The second-order valence-electron chi connectivity index (χ2n) is 11.8. The van der Waals surface area contributed by atoms with E-state index in [0.29, 0.717) is 22.3 Å². The molecular formula is C31H45N5O5S. The van der Waals surface area contributed by atoms with Crippen LogP contribution in [0.25, 0.3) is 0 Å². The van der Waals surface area contributed by atoms with Crippen molar-refractivity contribution in [3.63, 3.8) is 0 Å². The van der Waals surface area contributed by atoms with Crippen molar-refractivity contribution in [2.45, 2.75) is 76.7 Å². The van der Waals surface area contributed by atoms with Gasteiger partial charge in [-0.15, -0.1) is 0 Å². The molecule has 11 heteroatoms. The van der Waals surface area contributed by atoms with Crippen LogP contribution in [0.3, 0.4) is 0 Å². The molecule has 2 aromatic rings. The van der Waals surface area contributed by atoms with E-state index < -0.39 is 22.2 Å². The third-order valence-electron chi connectivity index (χ3n) is 7.65. The van der Waals surface area contributed by atoms with Gasteiger partial charge in [-0.05, 0) is 52.5 Å². The van der Waals surface area contributed by atoms with Gasteiger partial charge in [0.25, 0.3) is 0 Å². The second-order valence-corrected chi connectivity index (χ2v) is 13.4. The number of nitrogens with two attached hydrogens (primary N) is 1. The van der Waals surface area contributed by atoms with Crippen LogP contribution < -0.4 is 10.5 Å². The number of carbonyl (C=O) groups excluding carboxylic acids is 2. The van der Waals surface area contributed by atoms with Gasteiger partial charge in [0.1, 0.15) is 11.9 Å². The summed E-state index contributed by atoms with van der Waals surface area (Å²) in [6.07, 6.45) is -0.401. The van der Waals surface area contributed by atoms with Crippen molar-refractivity contribution in [3.05, 3.63) is 64.2 Å².